The van der Waals surface area contributed by atoms with Crippen molar-refractivity contribution in [3.8, 4) is 0 Å². The predicted molar refractivity (Wildman–Crippen MR) is 74.6 cm³/mol. The number of nitrogens with zero attached hydrogens (tertiary/aromatic N) is 1. The molecule has 0 saturated carbocycles. The molecular weight excluding hydrogens is 323 g/mol. The van der Waals surface area contributed by atoms with Crippen molar-refractivity contribution in [2.45, 2.75) is 18.0 Å². The van der Waals surface area contributed by atoms with Crippen LogP contribution in [0.2, 0.25) is 0 Å². The van der Waals surface area contributed by atoms with E-state index >= 15 is 0 Å². The van der Waals surface area contributed by atoms with Gasteiger partial charge in [-0.15, -0.1) is 0 Å². The lowest BCUT2D eigenvalue weighted by Gasteiger charge is -2.25. The molecule has 124 valence electrons. The van der Waals surface area contributed by atoms with Crippen LogP contribution in [0.1, 0.15) is 12.5 Å². The van der Waals surface area contributed by atoms with Gasteiger partial charge in [0.05, 0.1) is 16.4 Å². The summed E-state index contributed by atoms with van der Waals surface area (Å²) >= 11 is 0. The van der Waals surface area contributed by atoms with Gasteiger partial charge < -0.3 is 10.0 Å². The summed E-state index contributed by atoms with van der Waals surface area (Å²) < 4.78 is 62.2. The monoisotopic (exact) mass is 339 g/mol. The molecule has 0 aliphatic carbocycles. The molecule has 1 unspecified atom stereocenters. The first kappa shape index (κ1) is 18.3. The average Bonchev–Trinajstić information content (AvgIpc) is 2.35. The summed E-state index contributed by atoms with van der Waals surface area (Å²) in [6.07, 6.45) is -3.94. The minimum absolute atomic E-state index is 0.142. The Kier molecular flexibility index (Phi) is 5.11. The van der Waals surface area contributed by atoms with Gasteiger partial charge in [-0.1, -0.05) is 6.92 Å². The van der Waals surface area contributed by atoms with Gasteiger partial charge in [-0.05, 0) is 18.2 Å². The van der Waals surface area contributed by atoms with Crippen LogP contribution < -0.4 is 4.90 Å². The fourth-order valence-electron chi connectivity index (χ4n) is 1.89. The van der Waals surface area contributed by atoms with Crippen LogP contribution >= 0.6 is 0 Å². The third-order valence-electron chi connectivity index (χ3n) is 3.08. The Morgan fingerprint density at radius 3 is 2.32 bits per heavy atom. The lowest BCUT2D eigenvalue weighted by Crippen LogP contribution is -2.30. The molecule has 0 heterocycles. The zero-order valence-corrected chi connectivity index (χ0v) is 13.0. The van der Waals surface area contributed by atoms with Crippen LogP contribution in [0.5, 0.6) is 0 Å². The van der Waals surface area contributed by atoms with Crippen LogP contribution in [0.4, 0.5) is 18.9 Å². The Morgan fingerprint density at radius 1 is 1.36 bits per heavy atom. The molecule has 1 aromatic carbocycles. The minimum atomic E-state index is -4.75. The summed E-state index contributed by atoms with van der Waals surface area (Å²) in [5.74, 6) is -2.01. The highest BCUT2D eigenvalue weighted by Crippen LogP contribution is 2.37. The van der Waals surface area contributed by atoms with Gasteiger partial charge in [-0.3, -0.25) is 4.79 Å². The van der Waals surface area contributed by atoms with Gasteiger partial charge in [0, 0.05) is 25.5 Å². The zero-order chi connectivity index (χ0) is 17.3. The number of carboxylic acids is 1. The van der Waals surface area contributed by atoms with Gasteiger partial charge in [0.25, 0.3) is 0 Å². The van der Waals surface area contributed by atoms with Gasteiger partial charge in [0.15, 0.2) is 9.84 Å². The normalized spacial score (nSPS) is 13.7. The highest BCUT2D eigenvalue weighted by Gasteiger charge is 2.35. The Morgan fingerprint density at radius 2 is 1.91 bits per heavy atom. The first-order valence-corrected chi connectivity index (χ1v) is 8.08. The van der Waals surface area contributed by atoms with E-state index in [1.54, 1.807) is 0 Å². The second-order valence-corrected chi connectivity index (χ2v) is 7.08. The fourth-order valence-corrected chi connectivity index (χ4v) is 2.54. The van der Waals surface area contributed by atoms with Gasteiger partial charge in [-0.2, -0.15) is 13.2 Å². The Bertz CT molecular complexity index is 670. The van der Waals surface area contributed by atoms with E-state index < -0.39 is 38.4 Å². The molecule has 1 N–H and O–H groups in total. The summed E-state index contributed by atoms with van der Waals surface area (Å²) in [7, 11) is -2.45. The molecule has 1 rings (SSSR count). The molecule has 0 aliphatic heterocycles. The second kappa shape index (κ2) is 6.15. The molecular formula is C13H16F3NO4S. The van der Waals surface area contributed by atoms with E-state index in [1.807, 2.05) is 0 Å². The molecule has 0 saturated heterocycles. The minimum Gasteiger partial charge on any atom is -0.481 e. The highest BCUT2D eigenvalue weighted by molar-refractivity contribution is 7.90. The second-order valence-electron chi connectivity index (χ2n) is 5.07. The fraction of sp³-hybridized carbons (Fsp3) is 0.462. The van der Waals surface area contributed by atoms with Crippen LogP contribution in [0.3, 0.4) is 0 Å². The number of benzene rings is 1. The SMILES string of the molecule is CC(CN(C)c1ccc(S(C)(=O)=O)cc1C(F)(F)F)C(=O)O. The molecule has 0 bridgehead atoms. The lowest BCUT2D eigenvalue weighted by molar-refractivity contribution is -0.140. The van der Waals surface area contributed by atoms with E-state index in [9.17, 15) is 26.4 Å². The molecule has 1 aromatic rings. The van der Waals surface area contributed by atoms with E-state index in [-0.39, 0.29) is 12.2 Å². The molecule has 0 radical (unpaired) electrons. The zero-order valence-electron chi connectivity index (χ0n) is 12.2. The largest absolute Gasteiger partial charge is 0.481 e. The van der Waals surface area contributed by atoms with Crippen LogP contribution in [0, 0.1) is 5.92 Å². The summed E-state index contributed by atoms with van der Waals surface area (Å²) in [6.45, 7) is 1.23. The number of hydrogen-bond acceptors (Lipinski definition) is 4. The number of alkyl halides is 3. The number of rotatable bonds is 5. The Labute approximate surface area is 126 Å². The smallest absolute Gasteiger partial charge is 0.418 e. The lowest BCUT2D eigenvalue weighted by atomic mass is 10.1. The summed E-state index contributed by atoms with van der Waals surface area (Å²) in [5.41, 5.74) is -1.39. The first-order chi connectivity index (χ1) is 9.84. The highest BCUT2D eigenvalue weighted by atomic mass is 32.2. The number of carboxylic acid groups (broad SMARTS) is 1. The summed E-state index contributed by atoms with van der Waals surface area (Å²) in [4.78, 5) is 11.5. The maximum atomic E-state index is 13.1. The molecule has 22 heavy (non-hydrogen) atoms. The molecule has 0 aliphatic rings. The third kappa shape index (κ3) is 4.36. The molecule has 0 spiro atoms. The van der Waals surface area contributed by atoms with Crippen molar-refractivity contribution >= 4 is 21.5 Å². The van der Waals surface area contributed by atoms with E-state index in [0.717, 1.165) is 23.3 Å². The van der Waals surface area contributed by atoms with Crippen molar-refractivity contribution in [2.75, 3.05) is 24.7 Å². The number of anilines is 1. The molecule has 5 nitrogen and oxygen atoms in total. The van der Waals surface area contributed by atoms with Crippen LogP contribution in [-0.4, -0.2) is 39.3 Å². The molecule has 0 aromatic heterocycles. The van der Waals surface area contributed by atoms with E-state index in [2.05, 4.69) is 0 Å². The number of sulfone groups is 1. The van der Waals surface area contributed by atoms with Crippen LogP contribution in [-0.2, 0) is 20.8 Å². The van der Waals surface area contributed by atoms with E-state index in [1.165, 1.54) is 14.0 Å². The maximum Gasteiger partial charge on any atom is 0.418 e. The van der Waals surface area contributed by atoms with Gasteiger partial charge in [-0.25, -0.2) is 8.42 Å². The van der Waals surface area contributed by atoms with Gasteiger partial charge in [0.2, 0.25) is 0 Å². The predicted octanol–water partition coefficient (Wildman–Crippen LogP) is 2.27. The van der Waals surface area contributed by atoms with E-state index in [4.69, 9.17) is 5.11 Å². The molecule has 0 fully saturated rings. The van der Waals surface area contributed by atoms with Crippen molar-refractivity contribution in [2.24, 2.45) is 5.92 Å². The average molecular weight is 339 g/mol. The van der Waals surface area contributed by atoms with Crippen molar-refractivity contribution in [3.63, 3.8) is 0 Å². The number of hydrogen-bond donors (Lipinski definition) is 1. The van der Waals surface area contributed by atoms with Crippen molar-refractivity contribution < 1.29 is 31.5 Å². The van der Waals surface area contributed by atoms with E-state index in [0.29, 0.717) is 6.07 Å². The summed E-state index contributed by atoms with van der Waals surface area (Å²) in [6, 6.07) is 2.67. The summed E-state index contributed by atoms with van der Waals surface area (Å²) in [5, 5.41) is 8.83. The van der Waals surface area contributed by atoms with Crippen LogP contribution in [0.25, 0.3) is 0 Å². The molecule has 0 amide bonds. The molecule has 1 atom stereocenters. The Hall–Kier alpha value is -1.77. The van der Waals surface area contributed by atoms with Crippen molar-refractivity contribution in [1.82, 2.24) is 0 Å². The topological polar surface area (TPSA) is 74.7 Å². The van der Waals surface area contributed by atoms with Crippen molar-refractivity contribution in [1.29, 1.82) is 0 Å². The van der Waals surface area contributed by atoms with Gasteiger partial charge in [0.1, 0.15) is 0 Å². The number of halogens is 3. The maximum absolute atomic E-state index is 13.1. The third-order valence-corrected chi connectivity index (χ3v) is 4.19. The number of aliphatic carboxylic acids is 1. The number of carbonyl (C=O) groups is 1. The van der Waals surface area contributed by atoms with Gasteiger partial charge >= 0.3 is 12.1 Å². The standard InChI is InChI=1S/C13H16F3NO4S/c1-8(12(18)19)7-17(2)11-5-4-9(22(3,20)21)6-10(11)13(14,15)16/h4-6,8H,7H2,1-3H3,(H,18,19). The first-order valence-electron chi connectivity index (χ1n) is 6.19. The van der Waals surface area contributed by atoms with Crippen molar-refractivity contribution in [3.05, 3.63) is 23.8 Å². The Balaban J connectivity index is 3.33. The molecule has 9 heteroatoms. The van der Waals surface area contributed by atoms with Crippen LogP contribution in [0.15, 0.2) is 23.1 Å². The quantitative estimate of drug-likeness (QED) is 0.891.